The van der Waals surface area contributed by atoms with E-state index in [1.165, 1.54) is 0 Å². The van der Waals surface area contributed by atoms with Crippen molar-refractivity contribution < 1.29 is 51.1 Å². The maximum absolute atomic E-state index is 0. The van der Waals surface area contributed by atoms with Gasteiger partial charge < -0.3 is 1.43 Å². The van der Waals surface area contributed by atoms with Crippen molar-refractivity contribution in [2.75, 3.05) is 0 Å². The molecule has 0 amide bonds. The van der Waals surface area contributed by atoms with Gasteiger partial charge in [0.1, 0.15) is 0 Å². The third-order valence-corrected chi connectivity index (χ3v) is 0. The standard InChI is InChI=1S/6BrH.Ir.Na.H/h6*1H;;;/q;;;;;;;+1;-1. The molecule has 8 heteroatoms. The monoisotopic (exact) mass is 697 g/mol. The van der Waals surface area contributed by atoms with E-state index in [0.717, 1.165) is 0 Å². The van der Waals surface area contributed by atoms with Gasteiger partial charge in [0.2, 0.25) is 0 Å². The molecule has 8 heavy (non-hydrogen) atoms. The van der Waals surface area contributed by atoms with Gasteiger partial charge in [0.25, 0.3) is 0 Å². The van der Waals surface area contributed by atoms with Crippen LogP contribution in [0.1, 0.15) is 1.43 Å². The quantitative estimate of drug-likeness (QED) is 0.325. The normalized spacial score (nSPS) is 0. The molecule has 0 saturated carbocycles. The minimum Gasteiger partial charge on any atom is -1.00 e. The molecule has 0 rings (SSSR count). The van der Waals surface area contributed by atoms with Gasteiger partial charge in [-0.1, -0.05) is 0 Å². The van der Waals surface area contributed by atoms with Gasteiger partial charge in [-0.25, -0.2) is 0 Å². The molecule has 0 aromatic carbocycles. The fraction of sp³-hybridized carbons (Fsp3) is 0. The fourth-order valence-corrected chi connectivity index (χ4v) is 0. The SMILES string of the molecule is Br.Br.Br.Br.Br.Br.[H-].[Ir].[Na+]. The molecule has 0 nitrogen and oxygen atoms in total. The molecule has 0 aromatic rings. The van der Waals surface area contributed by atoms with Crippen molar-refractivity contribution in [2.24, 2.45) is 0 Å². The van der Waals surface area contributed by atoms with Crippen molar-refractivity contribution in [3.63, 3.8) is 0 Å². The molecule has 59 valence electrons. The first-order chi connectivity index (χ1) is 0. The maximum Gasteiger partial charge on any atom is 1.00 e. The van der Waals surface area contributed by atoms with Crippen LogP contribution in [0.2, 0.25) is 0 Å². The second-order valence-corrected chi connectivity index (χ2v) is 0. The Bertz CT molecular complexity index is 13.0. The summed E-state index contributed by atoms with van der Waals surface area (Å²) in [4.78, 5) is 0. The summed E-state index contributed by atoms with van der Waals surface area (Å²) in [5.41, 5.74) is 0. The molecule has 0 unspecified atom stereocenters. The first-order valence-electron chi connectivity index (χ1n) is 0. The number of hydrogen-bond donors (Lipinski definition) is 0. The molecule has 0 fully saturated rings. The average Bonchev–Trinajstić information content (AvgIpc) is 0. The van der Waals surface area contributed by atoms with Crippen LogP contribution in [0.3, 0.4) is 0 Å². The number of halogens is 6. The second kappa shape index (κ2) is 62.3. The van der Waals surface area contributed by atoms with E-state index in [1.807, 2.05) is 0 Å². The Labute approximate surface area is 150 Å². The molecule has 1 radical (unpaired) electrons. The molecule has 0 aromatic heterocycles. The largest absolute Gasteiger partial charge is 1.00 e. The van der Waals surface area contributed by atoms with Crippen LogP contribution in [0.15, 0.2) is 0 Å². The van der Waals surface area contributed by atoms with Gasteiger partial charge in [0.05, 0.1) is 0 Å². The Hall–Kier alpha value is 4.53. The summed E-state index contributed by atoms with van der Waals surface area (Å²) in [6.07, 6.45) is 0. The van der Waals surface area contributed by atoms with E-state index in [1.54, 1.807) is 0 Å². The molecule has 0 bridgehead atoms. The van der Waals surface area contributed by atoms with Gasteiger partial charge >= 0.3 is 29.6 Å². The molecular formula is H7Br6IrNa. The summed E-state index contributed by atoms with van der Waals surface area (Å²) in [7, 11) is 0. The van der Waals surface area contributed by atoms with Gasteiger partial charge in [-0.3, -0.25) is 0 Å². The summed E-state index contributed by atoms with van der Waals surface area (Å²) in [6, 6.07) is 0. The van der Waals surface area contributed by atoms with E-state index in [0.29, 0.717) is 0 Å². The Morgan fingerprint density at radius 3 is 0.500 bits per heavy atom. The zero-order valence-corrected chi connectivity index (χ0v) is 18.5. The van der Waals surface area contributed by atoms with Crippen LogP contribution in [0.25, 0.3) is 0 Å². The predicted molar refractivity (Wildman–Crippen MR) is 63.0 cm³/mol. The number of hydrogen-bond acceptors (Lipinski definition) is 0. The van der Waals surface area contributed by atoms with Gasteiger partial charge in [0.15, 0.2) is 0 Å². The molecule has 0 heterocycles. The van der Waals surface area contributed by atoms with E-state index >= 15 is 0 Å². The van der Waals surface area contributed by atoms with Crippen molar-refractivity contribution >= 4 is 102 Å². The molecule has 0 atom stereocenters. The van der Waals surface area contributed by atoms with Gasteiger partial charge in [-0.2, -0.15) is 0 Å². The van der Waals surface area contributed by atoms with Crippen LogP contribution in [0.5, 0.6) is 0 Å². The van der Waals surface area contributed by atoms with Crippen LogP contribution in [-0.4, -0.2) is 0 Å². The zero-order chi connectivity index (χ0) is 0. The Balaban J connectivity index is 0. The van der Waals surface area contributed by atoms with Crippen molar-refractivity contribution in [3.8, 4) is 0 Å². The van der Waals surface area contributed by atoms with Crippen molar-refractivity contribution in [1.82, 2.24) is 0 Å². The van der Waals surface area contributed by atoms with E-state index < -0.39 is 0 Å². The van der Waals surface area contributed by atoms with Crippen molar-refractivity contribution in [1.29, 1.82) is 0 Å². The van der Waals surface area contributed by atoms with Crippen molar-refractivity contribution in [3.05, 3.63) is 0 Å². The summed E-state index contributed by atoms with van der Waals surface area (Å²) in [5, 5.41) is 0. The molecule has 0 aliphatic rings. The Morgan fingerprint density at radius 2 is 0.500 bits per heavy atom. The van der Waals surface area contributed by atoms with Crippen LogP contribution in [-0.2, 0) is 20.1 Å². The second-order valence-electron chi connectivity index (χ2n) is 0. The van der Waals surface area contributed by atoms with E-state index in [2.05, 4.69) is 0 Å². The average molecular weight is 702 g/mol. The summed E-state index contributed by atoms with van der Waals surface area (Å²) in [6.45, 7) is 0. The number of rotatable bonds is 0. The van der Waals surface area contributed by atoms with Crippen LogP contribution >= 0.6 is 102 Å². The molecule has 0 N–H and O–H groups in total. The summed E-state index contributed by atoms with van der Waals surface area (Å²) in [5.74, 6) is 0. The molecule has 0 spiro atoms. The first-order valence-corrected chi connectivity index (χ1v) is 0. The van der Waals surface area contributed by atoms with E-state index in [-0.39, 0.29) is 153 Å². The summed E-state index contributed by atoms with van der Waals surface area (Å²) < 4.78 is 0. The molecule has 0 aliphatic heterocycles. The Kier molecular flexibility index (Phi) is 632. The fourth-order valence-electron chi connectivity index (χ4n) is 0. The predicted octanol–water partition coefficient (Wildman–Crippen LogP) is 0.581. The first kappa shape index (κ1) is 81.2. The van der Waals surface area contributed by atoms with Crippen LogP contribution < -0.4 is 29.6 Å². The van der Waals surface area contributed by atoms with Crippen LogP contribution in [0.4, 0.5) is 0 Å². The van der Waals surface area contributed by atoms with Crippen molar-refractivity contribution in [2.45, 2.75) is 0 Å². The third kappa shape index (κ3) is 46.6. The Morgan fingerprint density at radius 1 is 0.500 bits per heavy atom. The van der Waals surface area contributed by atoms with E-state index in [4.69, 9.17) is 0 Å². The molecule has 0 aliphatic carbocycles. The van der Waals surface area contributed by atoms with Crippen LogP contribution in [0, 0.1) is 0 Å². The third-order valence-electron chi connectivity index (χ3n) is 0. The topological polar surface area (TPSA) is 0 Å². The zero-order valence-electron chi connectivity index (χ0n) is 4.78. The van der Waals surface area contributed by atoms with Gasteiger partial charge in [-0.15, -0.1) is 102 Å². The van der Waals surface area contributed by atoms with Gasteiger partial charge in [-0.05, 0) is 0 Å². The molecule has 0 saturated heterocycles. The minimum absolute atomic E-state index is 0. The van der Waals surface area contributed by atoms with Gasteiger partial charge in [0, 0.05) is 20.1 Å². The maximum atomic E-state index is 0. The molecular weight excluding hydrogens is 695 g/mol. The smallest absolute Gasteiger partial charge is 1.00 e. The summed E-state index contributed by atoms with van der Waals surface area (Å²) >= 11 is 0. The van der Waals surface area contributed by atoms with E-state index in [9.17, 15) is 0 Å². The minimum atomic E-state index is 0.